The Morgan fingerprint density at radius 2 is 1.88 bits per heavy atom. The minimum atomic E-state index is -1.07. The maximum atomic E-state index is 11.9. The highest BCUT2D eigenvalue weighted by Gasteiger charge is 2.10. The third-order valence-electron chi connectivity index (χ3n) is 3.13. The molecule has 0 saturated carbocycles. The van der Waals surface area contributed by atoms with Gasteiger partial charge in [0.25, 0.3) is 0 Å². The Kier molecular flexibility index (Phi) is 7.16. The molecule has 0 aliphatic rings. The van der Waals surface area contributed by atoms with Crippen LogP contribution in [-0.4, -0.2) is 29.9 Å². The van der Waals surface area contributed by atoms with E-state index in [1.165, 1.54) is 6.21 Å². The number of urea groups is 1. The molecule has 0 atom stereocenters. The first kappa shape index (κ1) is 19.9. The lowest BCUT2D eigenvalue weighted by molar-refractivity contribution is -0.139. The second-order valence-electron chi connectivity index (χ2n) is 5.14. The number of rotatable bonds is 6. The zero-order chi connectivity index (χ0) is 19.1. The van der Waals surface area contributed by atoms with Crippen LogP contribution in [0.3, 0.4) is 0 Å². The Balaban J connectivity index is 1.98. The van der Waals surface area contributed by atoms with E-state index < -0.39 is 18.6 Å². The number of hydrogen-bond donors (Lipinski definition) is 3. The van der Waals surface area contributed by atoms with E-state index in [2.05, 4.69) is 47.7 Å². The van der Waals surface area contributed by atoms with E-state index in [1.54, 1.807) is 18.2 Å². The van der Waals surface area contributed by atoms with Crippen LogP contribution in [0.5, 0.6) is 5.75 Å². The van der Waals surface area contributed by atoms with Crippen LogP contribution in [-0.2, 0) is 4.79 Å². The maximum absolute atomic E-state index is 11.9. The molecule has 136 valence electrons. The number of aliphatic carboxylic acids is 1. The molecular weight excluding hydrogens is 470 g/mol. The first-order chi connectivity index (χ1) is 12.4. The van der Waals surface area contributed by atoms with Crippen molar-refractivity contribution >= 4 is 55.8 Å². The molecule has 0 aromatic heterocycles. The topological polar surface area (TPSA) is 100 Å². The molecule has 2 rings (SSSR count). The van der Waals surface area contributed by atoms with Crippen LogP contribution >= 0.6 is 31.9 Å². The quantitative estimate of drug-likeness (QED) is 0.423. The van der Waals surface area contributed by atoms with Crippen molar-refractivity contribution in [2.75, 3.05) is 11.9 Å². The molecule has 2 aromatic carbocycles. The number of nitrogens with one attached hydrogen (secondary N) is 2. The third kappa shape index (κ3) is 5.85. The number of nitrogens with zero attached hydrogens (tertiary/aromatic N) is 1. The normalized spacial score (nSPS) is 10.6. The lowest BCUT2D eigenvalue weighted by Crippen LogP contribution is -2.24. The third-order valence-corrected chi connectivity index (χ3v) is 4.31. The zero-order valence-electron chi connectivity index (χ0n) is 13.6. The molecule has 9 heteroatoms. The van der Waals surface area contributed by atoms with Gasteiger partial charge in [-0.05, 0) is 68.1 Å². The van der Waals surface area contributed by atoms with E-state index in [1.807, 2.05) is 25.1 Å². The van der Waals surface area contributed by atoms with Crippen molar-refractivity contribution in [1.82, 2.24) is 5.43 Å². The monoisotopic (exact) mass is 483 g/mol. The van der Waals surface area contributed by atoms with E-state index in [4.69, 9.17) is 9.84 Å². The number of benzene rings is 2. The molecule has 0 aliphatic heterocycles. The van der Waals surface area contributed by atoms with Gasteiger partial charge < -0.3 is 15.2 Å². The van der Waals surface area contributed by atoms with Gasteiger partial charge in [-0.3, -0.25) is 0 Å². The summed E-state index contributed by atoms with van der Waals surface area (Å²) in [4.78, 5) is 22.5. The van der Waals surface area contributed by atoms with E-state index in [-0.39, 0.29) is 0 Å². The van der Waals surface area contributed by atoms with Crippen molar-refractivity contribution in [3.05, 3.63) is 56.5 Å². The van der Waals surface area contributed by atoms with Crippen molar-refractivity contribution in [3.8, 4) is 5.75 Å². The Bertz CT molecular complexity index is 833. The van der Waals surface area contributed by atoms with Crippen LogP contribution in [0.4, 0.5) is 10.5 Å². The predicted octanol–water partition coefficient (Wildman–Crippen LogP) is 4.14. The summed E-state index contributed by atoms with van der Waals surface area (Å²) in [5, 5.41) is 15.3. The van der Waals surface area contributed by atoms with Crippen molar-refractivity contribution in [1.29, 1.82) is 0 Å². The summed E-state index contributed by atoms with van der Waals surface area (Å²) < 4.78 is 6.30. The number of carboxylic acids is 1. The summed E-state index contributed by atoms with van der Waals surface area (Å²) in [7, 11) is 0. The molecule has 7 nitrogen and oxygen atoms in total. The van der Waals surface area contributed by atoms with Crippen LogP contribution in [0.25, 0.3) is 0 Å². The Morgan fingerprint density at radius 1 is 1.23 bits per heavy atom. The second kappa shape index (κ2) is 9.35. The van der Waals surface area contributed by atoms with E-state index >= 15 is 0 Å². The number of anilines is 1. The van der Waals surface area contributed by atoms with Gasteiger partial charge in [-0.2, -0.15) is 5.10 Å². The molecule has 0 fully saturated rings. The summed E-state index contributed by atoms with van der Waals surface area (Å²) in [6.07, 6.45) is 1.45. The fraction of sp³-hybridized carbons (Fsp3) is 0.118. The number of amides is 2. The van der Waals surface area contributed by atoms with Crippen LogP contribution in [0.15, 0.2) is 50.4 Å². The summed E-state index contributed by atoms with van der Waals surface area (Å²) >= 11 is 6.62. The Morgan fingerprint density at radius 3 is 2.50 bits per heavy atom. The standard InChI is InChI=1S/C17H15Br2N3O4/c1-10-4-2-3-5-14(10)21-17(25)22-20-8-11-6-12(18)16(13(19)7-11)26-9-15(23)24/h2-8H,9H2,1H3,(H,23,24)(H2,21,22,25). The van der Waals surface area contributed by atoms with E-state index in [0.29, 0.717) is 25.9 Å². The minimum absolute atomic E-state index is 0.370. The van der Waals surface area contributed by atoms with Gasteiger partial charge in [-0.1, -0.05) is 18.2 Å². The fourth-order valence-electron chi connectivity index (χ4n) is 1.95. The highest BCUT2D eigenvalue weighted by Crippen LogP contribution is 2.34. The largest absolute Gasteiger partial charge is 0.480 e. The van der Waals surface area contributed by atoms with Crippen LogP contribution < -0.4 is 15.5 Å². The number of hydrazone groups is 1. The van der Waals surface area contributed by atoms with Gasteiger partial charge in [-0.15, -0.1) is 0 Å². The van der Waals surface area contributed by atoms with Crippen molar-refractivity contribution in [3.63, 3.8) is 0 Å². The van der Waals surface area contributed by atoms with Crippen LogP contribution in [0.2, 0.25) is 0 Å². The van der Waals surface area contributed by atoms with Gasteiger partial charge in [0.05, 0.1) is 15.2 Å². The van der Waals surface area contributed by atoms with Crippen LogP contribution in [0, 0.1) is 6.92 Å². The van der Waals surface area contributed by atoms with E-state index in [0.717, 1.165) is 5.56 Å². The highest BCUT2D eigenvalue weighted by molar-refractivity contribution is 9.11. The molecular formula is C17H15Br2N3O4. The zero-order valence-corrected chi connectivity index (χ0v) is 16.8. The van der Waals surface area contributed by atoms with E-state index in [9.17, 15) is 9.59 Å². The molecule has 0 bridgehead atoms. The van der Waals surface area contributed by atoms with Crippen LogP contribution in [0.1, 0.15) is 11.1 Å². The maximum Gasteiger partial charge on any atom is 0.341 e. The average molecular weight is 485 g/mol. The number of hydrogen-bond acceptors (Lipinski definition) is 4. The molecule has 0 spiro atoms. The molecule has 0 aliphatic carbocycles. The van der Waals surface area contributed by atoms with Gasteiger partial charge >= 0.3 is 12.0 Å². The van der Waals surface area contributed by atoms with Gasteiger partial charge in [-0.25, -0.2) is 15.0 Å². The molecule has 2 amide bonds. The Labute approximate surface area is 166 Å². The summed E-state index contributed by atoms with van der Waals surface area (Å²) in [6, 6.07) is 10.3. The van der Waals surface area contributed by atoms with Crippen molar-refractivity contribution in [2.24, 2.45) is 5.10 Å². The molecule has 0 radical (unpaired) electrons. The van der Waals surface area contributed by atoms with Gasteiger partial charge in [0.2, 0.25) is 0 Å². The predicted molar refractivity (Wildman–Crippen MR) is 106 cm³/mol. The molecule has 2 aromatic rings. The number of carboxylic acid groups (broad SMARTS) is 1. The van der Waals surface area contributed by atoms with Crippen molar-refractivity contribution in [2.45, 2.75) is 6.92 Å². The van der Waals surface area contributed by atoms with Gasteiger partial charge in [0.15, 0.2) is 6.61 Å². The second-order valence-corrected chi connectivity index (χ2v) is 6.84. The average Bonchev–Trinajstić information content (AvgIpc) is 2.56. The smallest absolute Gasteiger partial charge is 0.341 e. The number of halogens is 2. The first-order valence-electron chi connectivity index (χ1n) is 7.36. The highest BCUT2D eigenvalue weighted by atomic mass is 79.9. The molecule has 0 saturated heterocycles. The summed E-state index contributed by atoms with van der Waals surface area (Å²) in [5.74, 6) is -0.701. The SMILES string of the molecule is Cc1ccccc1NC(=O)NN=Cc1cc(Br)c(OCC(=O)O)c(Br)c1. The lowest BCUT2D eigenvalue weighted by Gasteiger charge is -2.09. The number of ether oxygens (including phenoxy) is 1. The van der Waals surface area contributed by atoms with Gasteiger partial charge in [0, 0.05) is 5.69 Å². The van der Waals surface area contributed by atoms with Crippen molar-refractivity contribution < 1.29 is 19.4 Å². The fourth-order valence-corrected chi connectivity index (χ4v) is 3.41. The first-order valence-corrected chi connectivity index (χ1v) is 8.94. The number of para-hydroxylation sites is 1. The summed E-state index contributed by atoms with van der Waals surface area (Å²) in [6.45, 7) is 1.44. The number of carbonyl (C=O) groups excluding carboxylic acids is 1. The molecule has 26 heavy (non-hydrogen) atoms. The number of carbonyl (C=O) groups is 2. The molecule has 0 heterocycles. The minimum Gasteiger partial charge on any atom is -0.480 e. The van der Waals surface area contributed by atoms with Gasteiger partial charge in [0.1, 0.15) is 5.75 Å². The summed E-state index contributed by atoms with van der Waals surface area (Å²) in [5.41, 5.74) is 4.69. The Hall–Kier alpha value is -2.39. The molecule has 3 N–H and O–H groups in total. The lowest BCUT2D eigenvalue weighted by atomic mass is 10.2. The number of aryl methyl sites for hydroxylation is 1. The molecule has 0 unspecified atom stereocenters.